The van der Waals surface area contributed by atoms with Crippen LogP contribution in [0.2, 0.25) is 0 Å². The quantitative estimate of drug-likeness (QED) is 0.814. The third-order valence-electron chi connectivity index (χ3n) is 4.12. The minimum atomic E-state index is 0. The number of carbonyl (C=O) groups is 1. The molecule has 1 heterocycles. The lowest BCUT2D eigenvalue weighted by Crippen LogP contribution is -2.37. The maximum atomic E-state index is 11.7. The van der Waals surface area contributed by atoms with Crippen LogP contribution in [0.3, 0.4) is 0 Å². The summed E-state index contributed by atoms with van der Waals surface area (Å²) in [7, 11) is 0. The van der Waals surface area contributed by atoms with Crippen LogP contribution in [0.5, 0.6) is 0 Å². The van der Waals surface area contributed by atoms with Crippen molar-refractivity contribution in [3.8, 4) is 0 Å². The van der Waals surface area contributed by atoms with E-state index < -0.39 is 0 Å². The number of rotatable bonds is 4. The van der Waals surface area contributed by atoms with Crippen LogP contribution in [-0.2, 0) is 4.79 Å². The zero-order valence-electron chi connectivity index (χ0n) is 10.8. The molecule has 0 aromatic heterocycles. The summed E-state index contributed by atoms with van der Waals surface area (Å²) in [5, 5.41) is 6.48. The lowest BCUT2D eigenvalue weighted by molar-refractivity contribution is -0.122. The van der Waals surface area contributed by atoms with Gasteiger partial charge in [0.25, 0.3) is 0 Å². The molecule has 1 saturated carbocycles. The molecular weight excluding hydrogens is 236 g/mol. The van der Waals surface area contributed by atoms with Crippen LogP contribution in [0.15, 0.2) is 0 Å². The molecule has 1 aliphatic heterocycles. The smallest absolute Gasteiger partial charge is 0.221 e. The first-order chi connectivity index (χ1) is 7.68. The van der Waals surface area contributed by atoms with Gasteiger partial charge in [-0.25, -0.2) is 0 Å². The Morgan fingerprint density at radius 3 is 2.65 bits per heavy atom. The number of carbonyl (C=O) groups excluding carboxylic acids is 1. The van der Waals surface area contributed by atoms with Crippen LogP contribution in [-0.4, -0.2) is 25.0 Å². The zero-order chi connectivity index (χ0) is 11.4. The highest BCUT2D eigenvalue weighted by molar-refractivity contribution is 5.85. The first-order valence-corrected chi connectivity index (χ1v) is 6.68. The molecule has 1 unspecified atom stereocenters. The van der Waals surface area contributed by atoms with Gasteiger partial charge >= 0.3 is 0 Å². The second-order valence-corrected chi connectivity index (χ2v) is 5.79. The highest BCUT2D eigenvalue weighted by Gasteiger charge is 2.29. The van der Waals surface area contributed by atoms with E-state index in [0.717, 1.165) is 19.5 Å². The molecule has 1 aliphatic carbocycles. The van der Waals surface area contributed by atoms with Crippen molar-refractivity contribution in [2.24, 2.45) is 5.41 Å². The molecular formula is C13H25ClN2O. The van der Waals surface area contributed by atoms with Gasteiger partial charge in [-0.3, -0.25) is 4.79 Å². The summed E-state index contributed by atoms with van der Waals surface area (Å²) in [5.74, 6) is 0.229. The highest BCUT2D eigenvalue weighted by Crippen LogP contribution is 2.36. The molecule has 1 atom stereocenters. The fourth-order valence-corrected chi connectivity index (χ4v) is 2.94. The van der Waals surface area contributed by atoms with Crippen molar-refractivity contribution in [2.45, 2.75) is 57.9 Å². The Balaban J connectivity index is 0.00000144. The van der Waals surface area contributed by atoms with Crippen molar-refractivity contribution in [2.75, 3.05) is 13.1 Å². The second kappa shape index (κ2) is 6.60. The van der Waals surface area contributed by atoms with Crippen LogP contribution in [0.25, 0.3) is 0 Å². The molecule has 0 aromatic rings. The summed E-state index contributed by atoms with van der Waals surface area (Å²) >= 11 is 0. The Morgan fingerprint density at radius 2 is 2.06 bits per heavy atom. The fraction of sp³-hybridized carbons (Fsp3) is 0.923. The number of halogens is 1. The predicted molar refractivity (Wildman–Crippen MR) is 72.5 cm³/mol. The second-order valence-electron chi connectivity index (χ2n) is 5.79. The number of nitrogens with one attached hydrogen (secondary N) is 2. The van der Waals surface area contributed by atoms with E-state index in [1.165, 1.54) is 32.1 Å². The average molecular weight is 261 g/mol. The van der Waals surface area contributed by atoms with Gasteiger partial charge in [-0.2, -0.15) is 0 Å². The molecule has 0 aromatic carbocycles. The Labute approximate surface area is 111 Å². The van der Waals surface area contributed by atoms with Crippen molar-refractivity contribution < 1.29 is 4.79 Å². The molecule has 1 amide bonds. The summed E-state index contributed by atoms with van der Waals surface area (Å²) in [5.41, 5.74) is 0.374. The van der Waals surface area contributed by atoms with E-state index in [-0.39, 0.29) is 18.3 Å². The summed E-state index contributed by atoms with van der Waals surface area (Å²) in [6, 6.07) is 0.427. The lowest BCUT2D eigenvalue weighted by Gasteiger charge is -2.24. The Morgan fingerprint density at radius 1 is 1.35 bits per heavy atom. The molecule has 0 radical (unpaired) electrons. The van der Waals surface area contributed by atoms with Gasteiger partial charge in [0.15, 0.2) is 0 Å². The Bertz CT molecular complexity index is 246. The normalized spacial score (nSPS) is 26.5. The molecule has 1 saturated heterocycles. The monoisotopic (exact) mass is 260 g/mol. The molecule has 2 fully saturated rings. The largest absolute Gasteiger partial charge is 0.356 e. The first-order valence-electron chi connectivity index (χ1n) is 6.68. The van der Waals surface area contributed by atoms with Crippen molar-refractivity contribution in [3.05, 3.63) is 0 Å². The van der Waals surface area contributed by atoms with Gasteiger partial charge < -0.3 is 10.6 Å². The third kappa shape index (κ3) is 4.47. The summed E-state index contributed by atoms with van der Waals surface area (Å²) < 4.78 is 0. The standard InChI is InChI=1S/C13H24N2O.ClH/c1-13(6-2-3-7-13)10-15-12(16)9-11-5-4-8-14-11;/h11,14H,2-10H2,1H3,(H,15,16);1H. The number of amides is 1. The lowest BCUT2D eigenvalue weighted by atomic mass is 9.89. The van der Waals surface area contributed by atoms with E-state index in [0.29, 0.717) is 17.9 Å². The van der Waals surface area contributed by atoms with Crippen LogP contribution in [0.1, 0.15) is 51.9 Å². The summed E-state index contributed by atoms with van der Waals surface area (Å²) in [6.45, 7) is 4.25. The Hall–Kier alpha value is -0.280. The van der Waals surface area contributed by atoms with Crippen molar-refractivity contribution in [1.29, 1.82) is 0 Å². The van der Waals surface area contributed by atoms with E-state index in [9.17, 15) is 4.79 Å². The molecule has 2 N–H and O–H groups in total. The van der Waals surface area contributed by atoms with Gasteiger partial charge in [0, 0.05) is 19.0 Å². The third-order valence-corrected chi connectivity index (χ3v) is 4.12. The number of hydrogen-bond acceptors (Lipinski definition) is 2. The van der Waals surface area contributed by atoms with E-state index in [1.807, 2.05) is 0 Å². The summed E-state index contributed by atoms with van der Waals surface area (Å²) in [6.07, 6.45) is 8.24. The first kappa shape index (κ1) is 14.8. The molecule has 2 aliphatic rings. The van der Waals surface area contributed by atoms with E-state index >= 15 is 0 Å². The predicted octanol–water partition coefficient (Wildman–Crippen LogP) is 2.25. The molecule has 17 heavy (non-hydrogen) atoms. The Kier molecular flexibility index (Phi) is 5.74. The average Bonchev–Trinajstić information content (AvgIpc) is 2.88. The van der Waals surface area contributed by atoms with Gasteiger partial charge in [0.05, 0.1) is 0 Å². The van der Waals surface area contributed by atoms with Gasteiger partial charge in [-0.1, -0.05) is 19.8 Å². The van der Waals surface area contributed by atoms with Crippen molar-refractivity contribution >= 4 is 18.3 Å². The van der Waals surface area contributed by atoms with Gasteiger partial charge in [0.2, 0.25) is 5.91 Å². The number of hydrogen-bond donors (Lipinski definition) is 2. The molecule has 100 valence electrons. The van der Waals surface area contributed by atoms with Gasteiger partial charge in [-0.05, 0) is 37.6 Å². The molecule has 0 spiro atoms. The maximum absolute atomic E-state index is 11.7. The van der Waals surface area contributed by atoms with Crippen molar-refractivity contribution in [3.63, 3.8) is 0 Å². The molecule has 0 bridgehead atoms. The topological polar surface area (TPSA) is 41.1 Å². The van der Waals surface area contributed by atoms with Crippen LogP contribution in [0, 0.1) is 5.41 Å². The maximum Gasteiger partial charge on any atom is 0.221 e. The van der Waals surface area contributed by atoms with E-state index in [1.54, 1.807) is 0 Å². The molecule has 4 heteroatoms. The van der Waals surface area contributed by atoms with E-state index in [2.05, 4.69) is 17.6 Å². The van der Waals surface area contributed by atoms with Crippen molar-refractivity contribution in [1.82, 2.24) is 10.6 Å². The molecule has 2 rings (SSSR count). The van der Waals surface area contributed by atoms with E-state index in [4.69, 9.17) is 0 Å². The van der Waals surface area contributed by atoms with Crippen LogP contribution >= 0.6 is 12.4 Å². The van der Waals surface area contributed by atoms with Gasteiger partial charge in [0.1, 0.15) is 0 Å². The zero-order valence-corrected chi connectivity index (χ0v) is 11.6. The van der Waals surface area contributed by atoms with Crippen LogP contribution in [0.4, 0.5) is 0 Å². The molecule has 3 nitrogen and oxygen atoms in total. The van der Waals surface area contributed by atoms with Gasteiger partial charge in [-0.15, -0.1) is 12.4 Å². The SMILES string of the molecule is CC1(CNC(=O)CC2CCCN2)CCCC1.Cl. The minimum Gasteiger partial charge on any atom is -0.356 e. The fourth-order valence-electron chi connectivity index (χ4n) is 2.94. The highest BCUT2D eigenvalue weighted by atomic mass is 35.5. The summed E-state index contributed by atoms with van der Waals surface area (Å²) in [4.78, 5) is 11.7. The minimum absolute atomic E-state index is 0. The van der Waals surface area contributed by atoms with Crippen LogP contribution < -0.4 is 10.6 Å².